The molecule has 2 heterocycles. The average Bonchev–Trinajstić information content (AvgIpc) is 2.48. The van der Waals surface area contributed by atoms with E-state index in [4.69, 9.17) is 0 Å². The van der Waals surface area contributed by atoms with Crippen molar-refractivity contribution in [3.8, 4) is 0 Å². The van der Waals surface area contributed by atoms with Crippen molar-refractivity contribution in [1.29, 1.82) is 0 Å². The molecule has 2 amide bonds. The van der Waals surface area contributed by atoms with Crippen molar-refractivity contribution in [1.82, 2.24) is 15.5 Å². The van der Waals surface area contributed by atoms with Gasteiger partial charge >= 0.3 is 0 Å². The number of rotatable bonds is 3. The fourth-order valence-corrected chi connectivity index (χ4v) is 3.07. The lowest BCUT2D eigenvalue weighted by Crippen LogP contribution is -2.54. The van der Waals surface area contributed by atoms with E-state index in [0.717, 1.165) is 45.3 Å². The topological polar surface area (TPSA) is 61.4 Å². The number of piperidine rings is 2. The lowest BCUT2D eigenvalue weighted by Gasteiger charge is -2.35. The Hall–Kier alpha value is -1.10. The molecule has 2 atom stereocenters. The molecule has 2 aliphatic rings. The van der Waals surface area contributed by atoms with Gasteiger partial charge in [-0.05, 0) is 52.5 Å². The molecule has 0 aromatic rings. The first-order chi connectivity index (χ1) is 9.53. The molecular formula is C15H27N3O2. The number of carbonyl (C=O) groups excluding carboxylic acids is 2. The Morgan fingerprint density at radius 2 is 1.90 bits per heavy atom. The van der Waals surface area contributed by atoms with Crippen molar-refractivity contribution < 1.29 is 9.59 Å². The van der Waals surface area contributed by atoms with Crippen LogP contribution in [0.5, 0.6) is 0 Å². The molecule has 2 unspecified atom stereocenters. The monoisotopic (exact) mass is 281 g/mol. The van der Waals surface area contributed by atoms with E-state index in [1.807, 2.05) is 11.8 Å². The van der Waals surface area contributed by atoms with E-state index in [-0.39, 0.29) is 17.2 Å². The van der Waals surface area contributed by atoms with Gasteiger partial charge in [-0.3, -0.25) is 9.59 Å². The molecule has 2 aliphatic heterocycles. The molecule has 0 aromatic heterocycles. The van der Waals surface area contributed by atoms with Crippen LogP contribution in [0.4, 0.5) is 0 Å². The smallest absolute Gasteiger partial charge is 0.244 e. The Balaban J connectivity index is 1.87. The summed E-state index contributed by atoms with van der Waals surface area (Å²) in [6.07, 6.45) is 5.26. The van der Waals surface area contributed by atoms with Crippen molar-refractivity contribution in [2.24, 2.45) is 5.41 Å². The van der Waals surface area contributed by atoms with Crippen LogP contribution in [0.2, 0.25) is 0 Å². The standard InChI is InChI=1S/C15H27N3O2/c1-12(13(19)18-9-4-3-5-10-18)17-14(20)15(2)7-6-8-16-11-15/h12,16H,3-11H2,1-2H3,(H,17,20). The van der Waals surface area contributed by atoms with Gasteiger partial charge in [0.2, 0.25) is 11.8 Å². The van der Waals surface area contributed by atoms with Crippen molar-refractivity contribution in [3.05, 3.63) is 0 Å². The van der Waals surface area contributed by atoms with Gasteiger partial charge in [-0.15, -0.1) is 0 Å². The van der Waals surface area contributed by atoms with E-state index in [9.17, 15) is 9.59 Å². The number of amides is 2. The van der Waals surface area contributed by atoms with Gasteiger partial charge in [0.05, 0.1) is 5.41 Å². The summed E-state index contributed by atoms with van der Waals surface area (Å²) in [5.41, 5.74) is -0.380. The number of nitrogens with one attached hydrogen (secondary N) is 2. The zero-order valence-corrected chi connectivity index (χ0v) is 12.7. The van der Waals surface area contributed by atoms with Crippen LogP contribution in [0.1, 0.15) is 46.0 Å². The first-order valence-corrected chi connectivity index (χ1v) is 7.83. The fraction of sp³-hybridized carbons (Fsp3) is 0.867. The summed E-state index contributed by atoms with van der Waals surface area (Å²) in [4.78, 5) is 26.6. The summed E-state index contributed by atoms with van der Waals surface area (Å²) in [6, 6.07) is -0.417. The minimum absolute atomic E-state index is 0.00237. The second kappa shape index (κ2) is 6.57. The highest BCUT2D eigenvalue weighted by atomic mass is 16.2. The molecule has 0 saturated carbocycles. The summed E-state index contributed by atoms with van der Waals surface area (Å²) in [6.45, 7) is 7.12. The van der Waals surface area contributed by atoms with E-state index in [0.29, 0.717) is 6.54 Å². The van der Waals surface area contributed by atoms with E-state index >= 15 is 0 Å². The predicted molar refractivity (Wildman–Crippen MR) is 78.2 cm³/mol. The van der Waals surface area contributed by atoms with Crippen LogP contribution in [-0.4, -0.2) is 48.9 Å². The second-order valence-electron chi connectivity index (χ2n) is 6.42. The number of hydrogen-bond donors (Lipinski definition) is 2. The Morgan fingerprint density at radius 1 is 1.20 bits per heavy atom. The molecule has 0 bridgehead atoms. The molecule has 20 heavy (non-hydrogen) atoms. The minimum atomic E-state index is -0.417. The second-order valence-corrected chi connectivity index (χ2v) is 6.42. The molecule has 5 heteroatoms. The molecule has 2 rings (SSSR count). The number of carbonyl (C=O) groups is 2. The van der Waals surface area contributed by atoms with Gasteiger partial charge in [0.1, 0.15) is 6.04 Å². The SMILES string of the molecule is CC(NC(=O)C1(C)CCCNC1)C(=O)N1CCCCC1. The van der Waals surface area contributed by atoms with Crippen molar-refractivity contribution in [3.63, 3.8) is 0 Å². The molecule has 114 valence electrons. The maximum Gasteiger partial charge on any atom is 0.244 e. The maximum absolute atomic E-state index is 12.4. The van der Waals surface area contributed by atoms with Gasteiger partial charge in [-0.2, -0.15) is 0 Å². The summed E-state index contributed by atoms with van der Waals surface area (Å²) < 4.78 is 0. The first kappa shape index (κ1) is 15.3. The highest BCUT2D eigenvalue weighted by Crippen LogP contribution is 2.25. The van der Waals surface area contributed by atoms with Gasteiger partial charge in [-0.1, -0.05) is 0 Å². The third-order valence-electron chi connectivity index (χ3n) is 4.53. The predicted octanol–water partition coefficient (Wildman–Crippen LogP) is 0.893. The normalized spacial score (nSPS) is 28.8. The Kier molecular flexibility index (Phi) is 5.02. The highest BCUT2D eigenvalue weighted by molar-refractivity contribution is 5.90. The van der Waals surface area contributed by atoms with Crippen molar-refractivity contribution in [2.45, 2.75) is 52.0 Å². The molecule has 0 radical (unpaired) electrons. The Labute approximate surface area is 121 Å². The number of likely N-dealkylation sites (tertiary alicyclic amines) is 1. The largest absolute Gasteiger partial charge is 0.344 e. The van der Waals surface area contributed by atoms with E-state index in [1.165, 1.54) is 6.42 Å². The summed E-state index contributed by atoms with van der Waals surface area (Å²) >= 11 is 0. The molecule has 0 spiro atoms. The van der Waals surface area contributed by atoms with Gasteiger partial charge in [0.15, 0.2) is 0 Å². The summed E-state index contributed by atoms with van der Waals surface area (Å²) in [5.74, 6) is 0.0629. The summed E-state index contributed by atoms with van der Waals surface area (Å²) in [7, 11) is 0. The van der Waals surface area contributed by atoms with Crippen molar-refractivity contribution >= 4 is 11.8 Å². The van der Waals surface area contributed by atoms with Crippen LogP contribution >= 0.6 is 0 Å². The first-order valence-electron chi connectivity index (χ1n) is 7.83. The lowest BCUT2D eigenvalue weighted by molar-refractivity contribution is -0.139. The van der Waals surface area contributed by atoms with Crippen LogP contribution < -0.4 is 10.6 Å². The van der Waals surface area contributed by atoms with Crippen LogP contribution in [0.3, 0.4) is 0 Å². The third-order valence-corrected chi connectivity index (χ3v) is 4.53. The van der Waals surface area contributed by atoms with E-state index in [2.05, 4.69) is 10.6 Å². The average molecular weight is 281 g/mol. The van der Waals surface area contributed by atoms with Gasteiger partial charge < -0.3 is 15.5 Å². The fourth-order valence-electron chi connectivity index (χ4n) is 3.07. The molecule has 0 aliphatic carbocycles. The lowest BCUT2D eigenvalue weighted by atomic mass is 9.81. The Morgan fingerprint density at radius 3 is 2.50 bits per heavy atom. The van der Waals surface area contributed by atoms with Crippen LogP contribution in [0, 0.1) is 5.41 Å². The Bertz CT molecular complexity index is 358. The zero-order valence-electron chi connectivity index (χ0n) is 12.7. The van der Waals surface area contributed by atoms with Gasteiger partial charge in [-0.25, -0.2) is 0 Å². The molecule has 5 nitrogen and oxygen atoms in total. The third kappa shape index (κ3) is 3.51. The molecule has 0 aromatic carbocycles. The van der Waals surface area contributed by atoms with Crippen LogP contribution in [-0.2, 0) is 9.59 Å². The quantitative estimate of drug-likeness (QED) is 0.808. The highest BCUT2D eigenvalue weighted by Gasteiger charge is 2.36. The van der Waals surface area contributed by atoms with Gasteiger partial charge in [0, 0.05) is 19.6 Å². The van der Waals surface area contributed by atoms with Crippen LogP contribution in [0.15, 0.2) is 0 Å². The minimum Gasteiger partial charge on any atom is -0.344 e. The number of hydrogen-bond acceptors (Lipinski definition) is 3. The van der Waals surface area contributed by atoms with Crippen molar-refractivity contribution in [2.75, 3.05) is 26.2 Å². The van der Waals surface area contributed by atoms with E-state index < -0.39 is 6.04 Å². The summed E-state index contributed by atoms with van der Waals surface area (Å²) in [5, 5.41) is 6.18. The number of nitrogens with zero attached hydrogens (tertiary/aromatic N) is 1. The molecule has 2 saturated heterocycles. The maximum atomic E-state index is 12.4. The van der Waals surface area contributed by atoms with E-state index in [1.54, 1.807) is 6.92 Å². The molecule has 2 N–H and O–H groups in total. The molecular weight excluding hydrogens is 254 g/mol. The van der Waals surface area contributed by atoms with Gasteiger partial charge in [0.25, 0.3) is 0 Å². The molecule has 2 fully saturated rings. The van der Waals surface area contributed by atoms with Crippen LogP contribution in [0.25, 0.3) is 0 Å². The zero-order chi connectivity index (χ0) is 14.6.